The van der Waals surface area contributed by atoms with Gasteiger partial charge in [0.15, 0.2) is 0 Å². The number of likely N-dealkylation sites (tertiary alicyclic amines) is 1. The van der Waals surface area contributed by atoms with Crippen molar-refractivity contribution in [1.82, 2.24) is 9.88 Å². The molecule has 1 saturated heterocycles. The Morgan fingerprint density at radius 1 is 1.43 bits per heavy atom. The minimum absolute atomic E-state index is 0.245. The third-order valence-corrected chi connectivity index (χ3v) is 4.05. The molecule has 1 aromatic heterocycles. The monoisotopic (exact) mass is 283 g/mol. The molecule has 1 aromatic carbocycles. The van der Waals surface area contributed by atoms with E-state index in [0.29, 0.717) is 12.5 Å². The maximum atomic E-state index is 11.8. The summed E-state index contributed by atoms with van der Waals surface area (Å²) in [5, 5.41) is 4.74. The summed E-state index contributed by atoms with van der Waals surface area (Å²) in [6.07, 6.45) is 1.59. The number of nitrogens with one attached hydrogen (secondary N) is 1. The molecule has 2 heterocycles. The number of aromatic nitrogens is 1. The fourth-order valence-corrected chi connectivity index (χ4v) is 2.98. The quantitative estimate of drug-likeness (QED) is 0.942. The highest BCUT2D eigenvalue weighted by Crippen LogP contribution is 2.25. The number of amides is 1. The number of fused-ring (bicyclic) bond motifs is 1. The van der Waals surface area contributed by atoms with Gasteiger partial charge in [0, 0.05) is 42.3 Å². The molecule has 1 atom stereocenters. The van der Waals surface area contributed by atoms with Crippen molar-refractivity contribution >= 4 is 22.5 Å². The van der Waals surface area contributed by atoms with E-state index in [1.54, 1.807) is 0 Å². The largest absolute Gasteiger partial charge is 0.380 e. The molecule has 110 valence electrons. The number of carbonyl (C=O) groups excluding carboxylic acids is 1. The zero-order chi connectivity index (χ0) is 14.8. The number of rotatable bonds is 3. The van der Waals surface area contributed by atoms with Crippen LogP contribution < -0.4 is 5.32 Å². The molecule has 1 unspecified atom stereocenters. The molecule has 0 bridgehead atoms. The first-order valence-electron chi connectivity index (χ1n) is 7.58. The van der Waals surface area contributed by atoms with E-state index in [-0.39, 0.29) is 5.91 Å². The number of para-hydroxylation sites is 1. The minimum atomic E-state index is 0.245. The predicted octanol–water partition coefficient (Wildman–Crippen LogP) is 2.97. The van der Waals surface area contributed by atoms with E-state index in [4.69, 9.17) is 0 Å². The van der Waals surface area contributed by atoms with Gasteiger partial charge in [-0.1, -0.05) is 25.1 Å². The van der Waals surface area contributed by atoms with Gasteiger partial charge >= 0.3 is 0 Å². The van der Waals surface area contributed by atoms with Gasteiger partial charge in [-0.25, -0.2) is 0 Å². The van der Waals surface area contributed by atoms with Crippen molar-refractivity contribution in [2.45, 2.75) is 32.7 Å². The molecule has 4 nitrogen and oxygen atoms in total. The van der Waals surface area contributed by atoms with Crippen LogP contribution in [0.15, 0.2) is 30.3 Å². The van der Waals surface area contributed by atoms with E-state index in [0.717, 1.165) is 41.8 Å². The normalized spacial score (nSPS) is 18.2. The van der Waals surface area contributed by atoms with Crippen LogP contribution >= 0.6 is 0 Å². The van der Waals surface area contributed by atoms with Crippen LogP contribution in [0.25, 0.3) is 10.9 Å². The predicted molar refractivity (Wildman–Crippen MR) is 85.4 cm³/mol. The Balaban J connectivity index is 1.81. The maximum absolute atomic E-state index is 11.8. The molecule has 0 aliphatic carbocycles. The van der Waals surface area contributed by atoms with Crippen LogP contribution in [0.4, 0.5) is 5.69 Å². The lowest BCUT2D eigenvalue weighted by Crippen LogP contribution is -2.31. The number of carbonyl (C=O) groups is 1. The smallest absolute Gasteiger partial charge is 0.222 e. The number of nitrogens with zero attached hydrogens (tertiary/aromatic N) is 2. The molecule has 21 heavy (non-hydrogen) atoms. The highest BCUT2D eigenvalue weighted by molar-refractivity contribution is 5.91. The highest BCUT2D eigenvalue weighted by atomic mass is 16.2. The summed E-state index contributed by atoms with van der Waals surface area (Å²) in [7, 11) is 0. The Hall–Kier alpha value is -2.10. The third kappa shape index (κ3) is 2.84. The fourth-order valence-electron chi connectivity index (χ4n) is 2.98. The number of benzene rings is 1. The fraction of sp³-hybridized carbons (Fsp3) is 0.412. The maximum Gasteiger partial charge on any atom is 0.222 e. The lowest BCUT2D eigenvalue weighted by atomic mass is 10.1. The molecule has 1 aliphatic heterocycles. The van der Waals surface area contributed by atoms with E-state index < -0.39 is 0 Å². The van der Waals surface area contributed by atoms with E-state index in [1.807, 2.05) is 36.9 Å². The first kappa shape index (κ1) is 13.9. The Morgan fingerprint density at radius 3 is 3.05 bits per heavy atom. The summed E-state index contributed by atoms with van der Waals surface area (Å²) in [6.45, 7) is 5.58. The van der Waals surface area contributed by atoms with Crippen LogP contribution in [0.2, 0.25) is 0 Å². The number of pyridine rings is 1. The summed E-state index contributed by atoms with van der Waals surface area (Å²) in [4.78, 5) is 18.3. The second-order valence-electron chi connectivity index (χ2n) is 5.65. The average Bonchev–Trinajstić information content (AvgIpc) is 2.95. The Labute approximate surface area is 125 Å². The number of hydrogen-bond donors (Lipinski definition) is 1. The van der Waals surface area contributed by atoms with Gasteiger partial charge in [0.2, 0.25) is 5.91 Å². The molecule has 0 radical (unpaired) electrons. The molecule has 0 spiro atoms. The average molecular weight is 283 g/mol. The molecule has 0 saturated carbocycles. The molecular formula is C17H21N3O. The number of aryl methyl sites for hydroxylation is 1. The molecule has 3 rings (SSSR count). The lowest BCUT2D eigenvalue weighted by molar-refractivity contribution is -0.129. The summed E-state index contributed by atoms with van der Waals surface area (Å²) < 4.78 is 0. The first-order valence-corrected chi connectivity index (χ1v) is 7.58. The van der Waals surface area contributed by atoms with Crippen LogP contribution in [0.1, 0.15) is 25.5 Å². The van der Waals surface area contributed by atoms with E-state index >= 15 is 0 Å². The van der Waals surface area contributed by atoms with Crippen LogP contribution in [-0.4, -0.2) is 34.9 Å². The van der Waals surface area contributed by atoms with Gasteiger partial charge in [-0.15, -0.1) is 0 Å². The van der Waals surface area contributed by atoms with Crippen molar-refractivity contribution in [3.8, 4) is 0 Å². The van der Waals surface area contributed by atoms with E-state index in [1.165, 1.54) is 0 Å². The zero-order valence-corrected chi connectivity index (χ0v) is 12.6. The topological polar surface area (TPSA) is 45.2 Å². The number of hydrogen-bond acceptors (Lipinski definition) is 3. The summed E-state index contributed by atoms with van der Waals surface area (Å²) >= 11 is 0. The second-order valence-corrected chi connectivity index (χ2v) is 5.65. The van der Waals surface area contributed by atoms with Crippen molar-refractivity contribution in [3.05, 3.63) is 36.0 Å². The third-order valence-electron chi connectivity index (χ3n) is 4.05. The van der Waals surface area contributed by atoms with Crippen molar-refractivity contribution in [3.63, 3.8) is 0 Å². The van der Waals surface area contributed by atoms with Crippen molar-refractivity contribution in [2.24, 2.45) is 0 Å². The number of anilines is 1. The molecule has 2 aromatic rings. The van der Waals surface area contributed by atoms with Crippen LogP contribution in [0.3, 0.4) is 0 Å². The van der Waals surface area contributed by atoms with Gasteiger partial charge in [-0.3, -0.25) is 9.78 Å². The van der Waals surface area contributed by atoms with Gasteiger partial charge in [-0.2, -0.15) is 0 Å². The highest BCUT2D eigenvalue weighted by Gasteiger charge is 2.25. The molecule has 1 fully saturated rings. The SMILES string of the molecule is CCC(=O)N1CCC(Nc2cc(C)nc3ccccc23)C1. The van der Waals surface area contributed by atoms with Crippen molar-refractivity contribution < 1.29 is 4.79 Å². The summed E-state index contributed by atoms with van der Waals surface area (Å²) in [5.74, 6) is 0.245. The first-order chi connectivity index (χ1) is 10.2. The Morgan fingerprint density at radius 2 is 2.24 bits per heavy atom. The van der Waals surface area contributed by atoms with Crippen molar-refractivity contribution in [2.75, 3.05) is 18.4 Å². The van der Waals surface area contributed by atoms with Gasteiger partial charge in [0.05, 0.1) is 5.52 Å². The Bertz CT molecular complexity index is 668. The van der Waals surface area contributed by atoms with Crippen LogP contribution in [0.5, 0.6) is 0 Å². The van der Waals surface area contributed by atoms with Gasteiger partial charge < -0.3 is 10.2 Å². The van der Waals surface area contributed by atoms with Gasteiger partial charge in [0.1, 0.15) is 0 Å². The molecule has 4 heteroatoms. The van der Waals surface area contributed by atoms with E-state index in [2.05, 4.69) is 22.4 Å². The second kappa shape index (κ2) is 5.72. The molecule has 1 amide bonds. The standard InChI is InChI=1S/C17H21N3O/c1-3-17(21)20-9-8-13(11-20)19-16-10-12(2)18-15-7-5-4-6-14(15)16/h4-7,10,13H,3,8-9,11H2,1-2H3,(H,18,19). The lowest BCUT2D eigenvalue weighted by Gasteiger charge is -2.18. The van der Waals surface area contributed by atoms with Gasteiger partial charge in [0.25, 0.3) is 0 Å². The van der Waals surface area contributed by atoms with Gasteiger partial charge in [-0.05, 0) is 25.5 Å². The molecular weight excluding hydrogens is 262 g/mol. The molecule has 1 aliphatic rings. The molecule has 1 N–H and O–H groups in total. The van der Waals surface area contributed by atoms with E-state index in [9.17, 15) is 4.79 Å². The van der Waals surface area contributed by atoms with Crippen LogP contribution in [0, 0.1) is 6.92 Å². The summed E-state index contributed by atoms with van der Waals surface area (Å²) in [5.41, 5.74) is 3.14. The van der Waals surface area contributed by atoms with Crippen molar-refractivity contribution in [1.29, 1.82) is 0 Å². The minimum Gasteiger partial charge on any atom is -0.380 e. The Kier molecular flexibility index (Phi) is 3.78. The van der Waals surface area contributed by atoms with Crippen LogP contribution in [-0.2, 0) is 4.79 Å². The zero-order valence-electron chi connectivity index (χ0n) is 12.6. The summed E-state index contributed by atoms with van der Waals surface area (Å²) in [6, 6.07) is 10.6.